The molecule has 0 aliphatic heterocycles. The predicted molar refractivity (Wildman–Crippen MR) is 107 cm³/mol. The van der Waals surface area contributed by atoms with Crippen molar-refractivity contribution < 1.29 is 14.5 Å². The zero-order chi connectivity index (χ0) is 19.6. The van der Waals surface area contributed by atoms with Crippen LogP contribution in [-0.2, 0) is 11.3 Å². The van der Waals surface area contributed by atoms with Gasteiger partial charge in [0.25, 0.3) is 5.91 Å². The first-order valence-corrected chi connectivity index (χ1v) is 9.75. The van der Waals surface area contributed by atoms with Gasteiger partial charge < -0.3 is 9.30 Å². The molecule has 0 saturated carbocycles. The van der Waals surface area contributed by atoms with E-state index in [1.54, 1.807) is 19.3 Å². The van der Waals surface area contributed by atoms with Gasteiger partial charge in [-0.3, -0.25) is 14.9 Å². The molecule has 0 aliphatic carbocycles. The Bertz CT molecular complexity index is 1120. The lowest BCUT2D eigenvalue weighted by Crippen LogP contribution is -2.15. The Kier molecular flexibility index (Phi) is 5.52. The topological polar surface area (TPSA) is 86.7 Å². The van der Waals surface area contributed by atoms with Gasteiger partial charge >= 0.3 is 5.00 Å². The maximum absolute atomic E-state index is 12.3. The van der Waals surface area contributed by atoms with Gasteiger partial charge in [-0.05, 0) is 37.6 Å². The summed E-state index contributed by atoms with van der Waals surface area (Å²) in [7, 11) is 1.62. The SMILES string of the molecule is CCn1c(=NC(=O)/C=C/c2ccc([N+](=O)[O-])s2)sc2c(C)ccc(OC)c21. The molecule has 0 fully saturated rings. The molecule has 1 aromatic carbocycles. The number of amides is 1. The van der Waals surface area contributed by atoms with E-state index in [4.69, 9.17) is 4.74 Å². The van der Waals surface area contributed by atoms with Crippen LogP contribution in [0.15, 0.2) is 35.3 Å². The number of fused-ring (bicyclic) bond motifs is 1. The Labute approximate surface area is 163 Å². The summed E-state index contributed by atoms with van der Waals surface area (Å²) in [6.45, 7) is 4.64. The van der Waals surface area contributed by atoms with Crippen LogP contribution in [0.2, 0.25) is 0 Å². The molecule has 2 aromatic heterocycles. The van der Waals surface area contributed by atoms with Crippen molar-refractivity contribution in [3.8, 4) is 5.75 Å². The second kappa shape index (κ2) is 7.85. The fourth-order valence-electron chi connectivity index (χ4n) is 2.64. The molecule has 0 bridgehead atoms. The smallest absolute Gasteiger partial charge is 0.324 e. The molecule has 2 heterocycles. The number of aromatic nitrogens is 1. The van der Waals surface area contributed by atoms with Gasteiger partial charge in [0, 0.05) is 23.6 Å². The van der Waals surface area contributed by atoms with E-state index in [9.17, 15) is 14.9 Å². The van der Waals surface area contributed by atoms with Gasteiger partial charge in [-0.2, -0.15) is 4.99 Å². The average molecular weight is 403 g/mol. The third-order valence-corrected chi connectivity index (χ3v) is 6.13. The molecule has 0 aliphatic rings. The van der Waals surface area contributed by atoms with E-state index in [2.05, 4.69) is 4.99 Å². The van der Waals surface area contributed by atoms with Gasteiger partial charge in [0.1, 0.15) is 11.3 Å². The lowest BCUT2D eigenvalue weighted by Gasteiger charge is -2.07. The molecule has 3 rings (SSSR count). The fourth-order valence-corrected chi connectivity index (χ4v) is 4.55. The van der Waals surface area contributed by atoms with E-state index < -0.39 is 10.8 Å². The van der Waals surface area contributed by atoms with Crippen LogP contribution in [0.5, 0.6) is 5.75 Å². The number of thiazole rings is 1. The van der Waals surface area contributed by atoms with Gasteiger partial charge in [-0.25, -0.2) is 0 Å². The molecule has 9 heteroatoms. The first kappa shape index (κ1) is 19.0. The summed E-state index contributed by atoms with van der Waals surface area (Å²) in [6, 6.07) is 6.91. The minimum atomic E-state index is -0.453. The van der Waals surface area contributed by atoms with Crippen molar-refractivity contribution in [1.82, 2.24) is 4.57 Å². The lowest BCUT2D eigenvalue weighted by molar-refractivity contribution is -0.380. The summed E-state index contributed by atoms with van der Waals surface area (Å²) in [5.41, 5.74) is 2.02. The Balaban J connectivity index is 1.99. The number of hydrogen-bond acceptors (Lipinski definition) is 6. The van der Waals surface area contributed by atoms with E-state index in [1.807, 2.05) is 30.5 Å². The second-order valence-electron chi connectivity index (χ2n) is 5.61. The molecule has 0 spiro atoms. The first-order valence-electron chi connectivity index (χ1n) is 8.12. The molecule has 7 nitrogen and oxygen atoms in total. The van der Waals surface area contributed by atoms with E-state index in [0.29, 0.717) is 16.2 Å². The number of nitrogens with zero attached hydrogens (tertiary/aromatic N) is 3. The molecule has 1 amide bonds. The van der Waals surface area contributed by atoms with Crippen LogP contribution in [0.25, 0.3) is 16.3 Å². The predicted octanol–water partition coefficient (Wildman–Crippen LogP) is 4.15. The maximum atomic E-state index is 12.3. The normalized spacial score (nSPS) is 12.2. The van der Waals surface area contributed by atoms with Gasteiger partial charge in [0.2, 0.25) is 0 Å². The van der Waals surface area contributed by atoms with Gasteiger partial charge in [-0.1, -0.05) is 28.7 Å². The number of hydrogen-bond donors (Lipinski definition) is 0. The number of ether oxygens (including phenoxy) is 1. The van der Waals surface area contributed by atoms with E-state index in [-0.39, 0.29) is 5.00 Å². The van der Waals surface area contributed by atoms with Crippen LogP contribution in [-0.4, -0.2) is 22.5 Å². The van der Waals surface area contributed by atoms with Crippen molar-refractivity contribution in [1.29, 1.82) is 0 Å². The van der Waals surface area contributed by atoms with Crippen molar-refractivity contribution in [2.45, 2.75) is 20.4 Å². The number of carbonyl (C=O) groups is 1. The van der Waals surface area contributed by atoms with E-state index >= 15 is 0 Å². The number of benzene rings is 1. The van der Waals surface area contributed by atoms with Crippen LogP contribution in [0.1, 0.15) is 17.4 Å². The molecule has 0 radical (unpaired) electrons. The molecule has 0 N–H and O–H groups in total. The van der Waals surface area contributed by atoms with E-state index in [1.165, 1.54) is 23.5 Å². The Morgan fingerprint density at radius 3 is 2.74 bits per heavy atom. The van der Waals surface area contributed by atoms with E-state index in [0.717, 1.165) is 32.9 Å². The zero-order valence-electron chi connectivity index (χ0n) is 15.0. The number of aryl methyl sites for hydroxylation is 2. The lowest BCUT2D eigenvalue weighted by atomic mass is 10.2. The largest absolute Gasteiger partial charge is 0.495 e. The Morgan fingerprint density at radius 1 is 1.33 bits per heavy atom. The van der Waals surface area contributed by atoms with Crippen molar-refractivity contribution in [2.75, 3.05) is 7.11 Å². The summed E-state index contributed by atoms with van der Waals surface area (Å²) in [5, 5.41) is 10.8. The molecule has 0 unspecified atom stereocenters. The number of nitro groups is 1. The van der Waals surface area contributed by atoms with Crippen LogP contribution in [0.3, 0.4) is 0 Å². The quantitative estimate of drug-likeness (QED) is 0.364. The highest BCUT2D eigenvalue weighted by Gasteiger charge is 2.13. The molecule has 0 saturated heterocycles. The summed E-state index contributed by atoms with van der Waals surface area (Å²) in [5.74, 6) is 0.320. The van der Waals surface area contributed by atoms with Crippen LogP contribution in [0.4, 0.5) is 5.00 Å². The van der Waals surface area contributed by atoms with Gasteiger partial charge in [0.15, 0.2) is 4.80 Å². The van der Waals surface area contributed by atoms with Gasteiger partial charge in [0.05, 0.1) is 16.7 Å². The minimum absolute atomic E-state index is 0.0370. The third kappa shape index (κ3) is 3.83. The summed E-state index contributed by atoms with van der Waals surface area (Å²) in [6.07, 6.45) is 2.86. The summed E-state index contributed by atoms with van der Waals surface area (Å²) >= 11 is 2.45. The molecular formula is C18H17N3O4S2. The average Bonchev–Trinajstić information content (AvgIpc) is 3.25. The zero-order valence-corrected chi connectivity index (χ0v) is 16.6. The number of rotatable bonds is 5. The standard InChI is InChI=1S/C18H17N3O4S2/c1-4-20-16-13(25-3)8-5-11(2)17(16)27-18(20)19-14(22)9-6-12-7-10-15(26-12)21(23)24/h5-10H,4H2,1-3H3/b9-6+,19-18?. The van der Waals surface area contributed by atoms with Crippen molar-refractivity contribution >= 4 is 49.9 Å². The number of methoxy groups -OCH3 is 1. The third-order valence-electron chi connectivity index (χ3n) is 3.91. The number of thiophene rings is 1. The molecule has 3 aromatic rings. The number of carbonyl (C=O) groups excluding carboxylic acids is 1. The second-order valence-corrected chi connectivity index (χ2v) is 7.68. The van der Waals surface area contributed by atoms with Crippen LogP contribution in [0, 0.1) is 17.0 Å². The molecule has 27 heavy (non-hydrogen) atoms. The highest BCUT2D eigenvalue weighted by molar-refractivity contribution is 7.16. The van der Waals surface area contributed by atoms with Gasteiger partial charge in [-0.15, -0.1) is 0 Å². The molecular weight excluding hydrogens is 386 g/mol. The Morgan fingerprint density at radius 2 is 2.11 bits per heavy atom. The van der Waals surface area contributed by atoms with Crippen LogP contribution < -0.4 is 9.54 Å². The molecule has 140 valence electrons. The summed E-state index contributed by atoms with van der Waals surface area (Å²) < 4.78 is 8.44. The monoisotopic (exact) mass is 403 g/mol. The van der Waals surface area contributed by atoms with Crippen molar-refractivity contribution in [3.05, 3.63) is 55.7 Å². The Hall–Kier alpha value is -2.78. The van der Waals surface area contributed by atoms with Crippen molar-refractivity contribution in [3.63, 3.8) is 0 Å². The van der Waals surface area contributed by atoms with Crippen molar-refractivity contribution in [2.24, 2.45) is 4.99 Å². The maximum Gasteiger partial charge on any atom is 0.324 e. The highest BCUT2D eigenvalue weighted by atomic mass is 32.1. The minimum Gasteiger partial charge on any atom is -0.495 e. The highest BCUT2D eigenvalue weighted by Crippen LogP contribution is 2.30. The molecule has 0 atom stereocenters. The van der Waals surface area contributed by atoms with Crippen LogP contribution >= 0.6 is 22.7 Å². The fraction of sp³-hybridized carbons (Fsp3) is 0.222. The first-order chi connectivity index (χ1) is 12.9. The summed E-state index contributed by atoms with van der Waals surface area (Å²) in [4.78, 5) is 28.0.